The molecule has 0 spiro atoms. The van der Waals surface area contributed by atoms with Gasteiger partial charge in [0.25, 0.3) is 0 Å². The second kappa shape index (κ2) is 22.0. The lowest BCUT2D eigenvalue weighted by atomic mass is 10.1. The fraction of sp³-hybridized carbons (Fsp3) is 0.250. The molecule has 55 heavy (non-hydrogen) atoms. The second-order valence-corrected chi connectivity index (χ2v) is 17.0. The van der Waals surface area contributed by atoms with Gasteiger partial charge in [0.2, 0.25) is 0 Å². The highest BCUT2D eigenvalue weighted by Gasteiger charge is 2.13. The standard InChI is InChI=1S/C40H39N3O8S4/c1-48-39(46)9-11-52-54-26-31-8-4-7-30(14-31)25-50-36-17-32(23-45)15-34(19-36)38-21-43(42-41-38)35-16-33(27-55-53-12-10-40(47)49-2)18-37(20-35)51-24-29-6-3-5-28(13-29)22-44/h3-8,13-23H,9-12,24-27H2,1-2H3. The lowest BCUT2D eigenvalue weighted by Crippen LogP contribution is -2.01. The van der Waals surface area contributed by atoms with Gasteiger partial charge in [-0.2, -0.15) is 0 Å². The van der Waals surface area contributed by atoms with E-state index in [1.54, 1.807) is 78.3 Å². The molecule has 5 rings (SSSR count). The van der Waals surface area contributed by atoms with Crippen LogP contribution in [0.3, 0.4) is 0 Å². The van der Waals surface area contributed by atoms with Crippen LogP contribution in [0.2, 0.25) is 0 Å². The summed E-state index contributed by atoms with van der Waals surface area (Å²) >= 11 is 0. The number of ether oxygens (including phenoxy) is 4. The Hall–Kier alpha value is -4.70. The largest absolute Gasteiger partial charge is 0.489 e. The third-order valence-corrected chi connectivity index (χ3v) is 12.5. The number of methoxy groups -OCH3 is 2. The Morgan fingerprint density at radius 2 is 1.27 bits per heavy atom. The van der Waals surface area contributed by atoms with Gasteiger partial charge in [0.05, 0.1) is 38.9 Å². The second-order valence-electron chi connectivity index (χ2n) is 11.9. The van der Waals surface area contributed by atoms with Crippen molar-refractivity contribution >= 4 is 67.7 Å². The van der Waals surface area contributed by atoms with Crippen molar-refractivity contribution in [1.29, 1.82) is 0 Å². The van der Waals surface area contributed by atoms with E-state index in [1.165, 1.54) is 14.2 Å². The zero-order chi connectivity index (χ0) is 38.8. The number of esters is 2. The average molecular weight is 818 g/mol. The highest BCUT2D eigenvalue weighted by atomic mass is 33.1. The van der Waals surface area contributed by atoms with E-state index in [2.05, 4.69) is 22.4 Å². The van der Waals surface area contributed by atoms with Gasteiger partial charge in [0.15, 0.2) is 0 Å². The fourth-order valence-electron chi connectivity index (χ4n) is 5.08. The van der Waals surface area contributed by atoms with Crippen LogP contribution in [0, 0.1) is 0 Å². The molecule has 0 aliphatic heterocycles. The highest BCUT2D eigenvalue weighted by Crippen LogP contribution is 2.32. The Balaban J connectivity index is 1.28. The summed E-state index contributed by atoms with van der Waals surface area (Å²) in [6.45, 7) is 0.562. The van der Waals surface area contributed by atoms with E-state index >= 15 is 0 Å². The van der Waals surface area contributed by atoms with Gasteiger partial charge in [0, 0.05) is 45.8 Å². The summed E-state index contributed by atoms with van der Waals surface area (Å²) in [5.74, 6) is 3.39. The Morgan fingerprint density at radius 1 is 0.655 bits per heavy atom. The van der Waals surface area contributed by atoms with Crippen LogP contribution >= 0.6 is 43.2 Å². The number of nitrogens with zero attached hydrogens (tertiary/aromatic N) is 3. The molecular weight excluding hydrogens is 779 g/mol. The molecule has 1 heterocycles. The van der Waals surface area contributed by atoms with Crippen LogP contribution < -0.4 is 9.47 Å². The van der Waals surface area contributed by atoms with Crippen molar-refractivity contribution in [3.8, 4) is 28.4 Å². The van der Waals surface area contributed by atoms with Crippen molar-refractivity contribution in [2.75, 3.05) is 25.7 Å². The molecule has 5 aromatic rings. The van der Waals surface area contributed by atoms with Gasteiger partial charge >= 0.3 is 11.9 Å². The predicted octanol–water partition coefficient (Wildman–Crippen LogP) is 8.61. The van der Waals surface area contributed by atoms with E-state index in [4.69, 9.17) is 18.9 Å². The average Bonchev–Trinajstić information content (AvgIpc) is 3.73. The molecule has 0 bridgehead atoms. The zero-order valence-electron chi connectivity index (χ0n) is 30.2. The number of hydrogen-bond donors (Lipinski definition) is 0. The van der Waals surface area contributed by atoms with Crippen LogP contribution in [0.15, 0.2) is 91.1 Å². The summed E-state index contributed by atoms with van der Waals surface area (Å²) < 4.78 is 23.4. The maximum atomic E-state index is 12.0. The molecule has 4 aromatic carbocycles. The first-order chi connectivity index (χ1) is 26.8. The normalized spacial score (nSPS) is 10.8. The minimum atomic E-state index is -0.245. The molecule has 0 N–H and O–H groups in total. The van der Waals surface area contributed by atoms with E-state index in [-0.39, 0.29) is 18.5 Å². The minimum absolute atomic E-state index is 0.212. The van der Waals surface area contributed by atoms with Crippen LogP contribution in [0.1, 0.15) is 55.8 Å². The van der Waals surface area contributed by atoms with Crippen molar-refractivity contribution in [2.24, 2.45) is 0 Å². The maximum Gasteiger partial charge on any atom is 0.306 e. The van der Waals surface area contributed by atoms with Gasteiger partial charge in [-0.1, -0.05) is 90.9 Å². The lowest BCUT2D eigenvalue weighted by Gasteiger charge is -2.12. The van der Waals surface area contributed by atoms with Crippen molar-refractivity contribution in [2.45, 2.75) is 37.6 Å². The highest BCUT2D eigenvalue weighted by molar-refractivity contribution is 8.76. The number of benzene rings is 4. The van der Waals surface area contributed by atoms with Gasteiger partial charge in [-0.05, 0) is 58.7 Å². The van der Waals surface area contributed by atoms with E-state index in [0.29, 0.717) is 70.6 Å². The molecule has 0 fully saturated rings. The van der Waals surface area contributed by atoms with Crippen molar-refractivity contribution in [3.05, 3.63) is 125 Å². The third kappa shape index (κ3) is 13.5. The smallest absolute Gasteiger partial charge is 0.306 e. The molecule has 1 aromatic heterocycles. The predicted molar refractivity (Wildman–Crippen MR) is 220 cm³/mol. The molecule has 0 atom stereocenters. The Labute approximate surface area is 335 Å². The molecule has 0 saturated carbocycles. The summed E-state index contributed by atoms with van der Waals surface area (Å²) in [5, 5.41) is 8.85. The number of aromatic nitrogens is 3. The van der Waals surface area contributed by atoms with E-state index in [9.17, 15) is 19.2 Å². The van der Waals surface area contributed by atoms with Gasteiger partial charge < -0.3 is 18.9 Å². The molecular formula is C40H39N3O8S4. The summed E-state index contributed by atoms with van der Waals surface area (Å²) in [4.78, 5) is 46.1. The Morgan fingerprint density at radius 3 is 1.95 bits per heavy atom. The molecule has 15 heteroatoms. The summed E-state index contributed by atoms with van der Waals surface area (Å²) in [5.41, 5.74) is 6.89. The quantitative estimate of drug-likeness (QED) is 0.0285. The van der Waals surface area contributed by atoms with Crippen LogP contribution in [0.5, 0.6) is 11.5 Å². The SMILES string of the molecule is COC(=O)CCSSCc1cccc(COc2cc(C=O)cc(-c3cn(-c4cc(CSSCCC(=O)OC)cc(OCc5cccc(C=O)c5)c4)nn3)c2)c1. The van der Waals surface area contributed by atoms with Crippen LogP contribution in [-0.2, 0) is 43.8 Å². The number of carbonyl (C=O) groups excluding carboxylic acids is 4. The molecule has 0 aliphatic carbocycles. The number of carbonyl (C=O) groups is 4. The van der Waals surface area contributed by atoms with E-state index in [0.717, 1.165) is 46.3 Å². The van der Waals surface area contributed by atoms with E-state index in [1.807, 2.05) is 48.5 Å². The van der Waals surface area contributed by atoms with Gasteiger partial charge in [0.1, 0.15) is 43.0 Å². The van der Waals surface area contributed by atoms with Gasteiger partial charge in [-0.3, -0.25) is 19.2 Å². The molecule has 0 aliphatic rings. The maximum absolute atomic E-state index is 12.0. The zero-order valence-corrected chi connectivity index (χ0v) is 33.5. The molecule has 0 radical (unpaired) electrons. The number of rotatable bonds is 22. The first-order valence-electron chi connectivity index (χ1n) is 17.0. The van der Waals surface area contributed by atoms with Crippen molar-refractivity contribution in [3.63, 3.8) is 0 Å². The third-order valence-electron chi connectivity index (χ3n) is 7.81. The Kier molecular flexibility index (Phi) is 16.6. The van der Waals surface area contributed by atoms with Gasteiger partial charge in [-0.25, -0.2) is 4.68 Å². The molecule has 0 amide bonds. The topological polar surface area (TPSA) is 136 Å². The van der Waals surface area contributed by atoms with E-state index < -0.39 is 0 Å². The fourth-order valence-corrected chi connectivity index (χ4v) is 9.12. The van der Waals surface area contributed by atoms with Crippen LogP contribution in [0.4, 0.5) is 0 Å². The van der Waals surface area contributed by atoms with Crippen LogP contribution in [0.25, 0.3) is 16.9 Å². The minimum Gasteiger partial charge on any atom is -0.489 e. The van der Waals surface area contributed by atoms with Crippen LogP contribution in [-0.4, -0.2) is 65.2 Å². The van der Waals surface area contributed by atoms with Crippen molar-refractivity contribution in [1.82, 2.24) is 15.0 Å². The molecule has 11 nitrogen and oxygen atoms in total. The first kappa shape index (κ1) is 41.5. The number of aldehydes is 2. The molecule has 0 saturated heterocycles. The van der Waals surface area contributed by atoms with Crippen molar-refractivity contribution < 1.29 is 38.1 Å². The monoisotopic (exact) mass is 817 g/mol. The molecule has 0 unspecified atom stereocenters. The summed E-state index contributed by atoms with van der Waals surface area (Å²) in [7, 11) is 9.28. The first-order valence-corrected chi connectivity index (χ1v) is 22.0. The lowest BCUT2D eigenvalue weighted by molar-refractivity contribution is -0.140. The summed E-state index contributed by atoms with van der Waals surface area (Å²) in [6.07, 6.45) is 4.07. The van der Waals surface area contributed by atoms with Gasteiger partial charge in [-0.15, -0.1) is 5.10 Å². The summed E-state index contributed by atoms with van der Waals surface area (Å²) in [6, 6.07) is 26.4. The number of hydrogen-bond acceptors (Lipinski definition) is 14. The molecule has 286 valence electrons. The Bertz CT molecular complexity index is 2080.